The van der Waals surface area contributed by atoms with Gasteiger partial charge in [-0.1, -0.05) is 0 Å². The highest BCUT2D eigenvalue weighted by Gasteiger charge is 2.14. The van der Waals surface area contributed by atoms with Crippen molar-refractivity contribution in [2.45, 2.75) is 6.92 Å². The molecule has 154 valence electrons. The van der Waals surface area contributed by atoms with Crippen molar-refractivity contribution < 1.29 is 13.9 Å². The van der Waals surface area contributed by atoms with Crippen LogP contribution in [0.25, 0.3) is 17.1 Å². The number of methoxy groups -OCH3 is 2. The van der Waals surface area contributed by atoms with E-state index in [1.807, 2.05) is 35.9 Å². The summed E-state index contributed by atoms with van der Waals surface area (Å²) in [4.78, 5) is 8.83. The summed E-state index contributed by atoms with van der Waals surface area (Å²) in [5, 5.41) is 7.61. The van der Waals surface area contributed by atoms with Crippen LogP contribution in [-0.2, 0) is 7.05 Å². The quantitative estimate of drug-likeness (QED) is 0.522. The van der Waals surface area contributed by atoms with Crippen molar-refractivity contribution in [2.24, 2.45) is 7.05 Å². The molecule has 4 rings (SSSR count). The molecule has 0 aliphatic carbocycles. The lowest BCUT2D eigenvalue weighted by Gasteiger charge is -2.10. The van der Waals surface area contributed by atoms with Crippen molar-refractivity contribution in [1.29, 1.82) is 0 Å². The van der Waals surface area contributed by atoms with E-state index in [-0.39, 0.29) is 5.75 Å². The maximum Gasteiger partial charge on any atom is 0.225 e. The highest BCUT2D eigenvalue weighted by molar-refractivity contribution is 5.65. The Morgan fingerprint density at radius 2 is 1.83 bits per heavy atom. The molecule has 9 heteroatoms. The fourth-order valence-corrected chi connectivity index (χ4v) is 3.07. The van der Waals surface area contributed by atoms with Crippen LogP contribution in [0.1, 0.15) is 5.69 Å². The molecule has 2 aromatic carbocycles. The number of nitrogens with one attached hydrogen (secondary N) is 1. The summed E-state index contributed by atoms with van der Waals surface area (Å²) in [5.41, 5.74) is 3.22. The molecule has 0 fully saturated rings. The summed E-state index contributed by atoms with van der Waals surface area (Å²) in [6.45, 7) is 1.93. The smallest absolute Gasteiger partial charge is 0.225 e. The average Bonchev–Trinajstić information content (AvgIpc) is 3.34. The number of rotatable bonds is 6. The average molecular weight is 408 g/mol. The summed E-state index contributed by atoms with van der Waals surface area (Å²) in [7, 11) is 4.82. The summed E-state index contributed by atoms with van der Waals surface area (Å²) < 4.78 is 27.7. The van der Waals surface area contributed by atoms with Gasteiger partial charge < -0.3 is 19.4 Å². The first-order valence-electron chi connectivity index (χ1n) is 9.19. The van der Waals surface area contributed by atoms with E-state index in [0.29, 0.717) is 23.2 Å². The highest BCUT2D eigenvalue weighted by atomic mass is 19.1. The molecule has 0 atom stereocenters. The number of benzene rings is 2. The second kappa shape index (κ2) is 7.86. The topological polar surface area (TPSA) is 79.0 Å². The molecule has 0 amide bonds. The van der Waals surface area contributed by atoms with Gasteiger partial charge >= 0.3 is 0 Å². The standard InChI is InChI=1S/C21H21FN6O2/c1-13-11-28(12-23-13)17-8-5-14(9-19(17)30-4)20-25-21(27(2)26-20)24-15-6-7-16(22)18(10-15)29-3/h5-12H,1-4H3,(H,24,25,26). The van der Waals surface area contributed by atoms with Gasteiger partial charge in [-0.2, -0.15) is 4.98 Å². The number of ether oxygens (including phenoxy) is 2. The number of aromatic nitrogens is 5. The molecule has 0 aliphatic heterocycles. The number of anilines is 2. The van der Waals surface area contributed by atoms with Crippen molar-refractivity contribution in [3.63, 3.8) is 0 Å². The van der Waals surface area contributed by atoms with E-state index in [1.54, 1.807) is 37.3 Å². The lowest BCUT2D eigenvalue weighted by molar-refractivity contribution is 0.387. The predicted octanol–water partition coefficient (Wildman–Crippen LogP) is 3.88. The minimum absolute atomic E-state index is 0.150. The van der Waals surface area contributed by atoms with Gasteiger partial charge in [-0.25, -0.2) is 14.1 Å². The zero-order valence-corrected chi connectivity index (χ0v) is 17.0. The molecule has 30 heavy (non-hydrogen) atoms. The second-order valence-corrected chi connectivity index (χ2v) is 6.67. The van der Waals surface area contributed by atoms with Gasteiger partial charge in [0, 0.05) is 30.6 Å². The molecule has 8 nitrogen and oxygen atoms in total. The Balaban J connectivity index is 1.64. The first-order chi connectivity index (χ1) is 14.5. The van der Waals surface area contributed by atoms with Crippen LogP contribution in [0.2, 0.25) is 0 Å². The van der Waals surface area contributed by atoms with Crippen LogP contribution in [0, 0.1) is 12.7 Å². The first-order valence-corrected chi connectivity index (χ1v) is 9.19. The third kappa shape index (κ3) is 3.69. The number of nitrogens with zero attached hydrogens (tertiary/aromatic N) is 5. The van der Waals surface area contributed by atoms with Gasteiger partial charge in [0.05, 0.1) is 31.9 Å². The number of hydrogen-bond acceptors (Lipinski definition) is 6. The lowest BCUT2D eigenvalue weighted by atomic mass is 10.1. The monoisotopic (exact) mass is 408 g/mol. The zero-order chi connectivity index (χ0) is 21.3. The lowest BCUT2D eigenvalue weighted by Crippen LogP contribution is -2.00. The number of aryl methyl sites for hydroxylation is 2. The van der Waals surface area contributed by atoms with Crippen molar-refractivity contribution in [3.8, 4) is 28.6 Å². The molecular weight excluding hydrogens is 387 g/mol. The van der Waals surface area contributed by atoms with E-state index in [0.717, 1.165) is 16.9 Å². The third-order valence-corrected chi connectivity index (χ3v) is 4.60. The molecule has 0 saturated heterocycles. The normalized spacial score (nSPS) is 10.8. The molecular formula is C21H21FN6O2. The minimum Gasteiger partial charge on any atom is -0.495 e. The van der Waals surface area contributed by atoms with Crippen molar-refractivity contribution >= 4 is 11.6 Å². The van der Waals surface area contributed by atoms with Gasteiger partial charge in [-0.15, -0.1) is 5.10 Å². The first kappa shape index (κ1) is 19.4. The summed E-state index contributed by atoms with van der Waals surface area (Å²) >= 11 is 0. The van der Waals surface area contributed by atoms with E-state index < -0.39 is 5.82 Å². The number of halogens is 1. The van der Waals surface area contributed by atoms with E-state index in [1.165, 1.54) is 13.2 Å². The van der Waals surface area contributed by atoms with E-state index >= 15 is 0 Å². The molecule has 1 N–H and O–H groups in total. The molecule has 2 heterocycles. The van der Waals surface area contributed by atoms with Gasteiger partial charge in [0.2, 0.25) is 5.95 Å². The van der Waals surface area contributed by atoms with Gasteiger partial charge in [-0.05, 0) is 37.3 Å². The van der Waals surface area contributed by atoms with Gasteiger partial charge in [0.15, 0.2) is 17.4 Å². The van der Waals surface area contributed by atoms with E-state index in [9.17, 15) is 4.39 Å². The molecule has 4 aromatic rings. The van der Waals surface area contributed by atoms with Gasteiger partial charge in [0.25, 0.3) is 0 Å². The van der Waals surface area contributed by atoms with E-state index in [4.69, 9.17) is 9.47 Å². The van der Waals surface area contributed by atoms with E-state index in [2.05, 4.69) is 20.4 Å². The summed E-state index contributed by atoms with van der Waals surface area (Å²) in [6.07, 6.45) is 3.67. The molecule has 0 bridgehead atoms. The Labute approximate surface area is 172 Å². The van der Waals surface area contributed by atoms with Crippen LogP contribution in [0.4, 0.5) is 16.0 Å². The fraction of sp³-hybridized carbons (Fsp3) is 0.190. The van der Waals surface area contributed by atoms with Crippen molar-refractivity contribution in [2.75, 3.05) is 19.5 Å². The number of hydrogen-bond donors (Lipinski definition) is 1. The minimum atomic E-state index is -0.429. The Hall–Kier alpha value is -3.88. The molecule has 0 spiro atoms. The molecule has 0 saturated carbocycles. The van der Waals surface area contributed by atoms with Crippen molar-refractivity contribution in [3.05, 3.63) is 60.4 Å². The zero-order valence-electron chi connectivity index (χ0n) is 17.0. The van der Waals surface area contributed by atoms with Crippen LogP contribution < -0.4 is 14.8 Å². The summed E-state index contributed by atoms with van der Waals surface area (Å²) in [5.74, 6) is 1.43. The largest absolute Gasteiger partial charge is 0.495 e. The predicted molar refractivity (Wildman–Crippen MR) is 111 cm³/mol. The maximum atomic E-state index is 13.6. The third-order valence-electron chi connectivity index (χ3n) is 4.60. The molecule has 0 radical (unpaired) electrons. The Kier molecular flexibility index (Phi) is 5.09. The summed E-state index contributed by atoms with van der Waals surface area (Å²) in [6, 6.07) is 10.2. The van der Waals surface area contributed by atoms with Crippen LogP contribution >= 0.6 is 0 Å². The second-order valence-electron chi connectivity index (χ2n) is 6.67. The Morgan fingerprint density at radius 1 is 1.03 bits per heavy atom. The van der Waals surface area contributed by atoms with Crippen LogP contribution in [-0.4, -0.2) is 38.5 Å². The molecule has 2 aromatic heterocycles. The molecule has 0 aliphatic rings. The van der Waals surface area contributed by atoms with Crippen LogP contribution in [0.5, 0.6) is 11.5 Å². The fourth-order valence-electron chi connectivity index (χ4n) is 3.07. The number of imidazole rings is 1. The van der Waals surface area contributed by atoms with Crippen molar-refractivity contribution in [1.82, 2.24) is 24.3 Å². The van der Waals surface area contributed by atoms with Gasteiger partial charge in [-0.3, -0.25) is 0 Å². The van der Waals surface area contributed by atoms with Gasteiger partial charge in [0.1, 0.15) is 5.75 Å². The maximum absolute atomic E-state index is 13.6. The van der Waals surface area contributed by atoms with Crippen LogP contribution in [0.3, 0.4) is 0 Å². The SMILES string of the molecule is COc1cc(Nc2nc(-c3ccc(-n4cnc(C)c4)c(OC)c3)nn2C)ccc1F. The Morgan fingerprint density at radius 3 is 2.53 bits per heavy atom. The highest BCUT2D eigenvalue weighted by Crippen LogP contribution is 2.30. The molecule has 0 unspecified atom stereocenters. The Bertz CT molecular complexity index is 1200. The van der Waals surface area contributed by atoms with Crippen LogP contribution in [0.15, 0.2) is 48.9 Å².